The summed E-state index contributed by atoms with van der Waals surface area (Å²) in [6, 6.07) is 0.187. The number of urea groups is 1. The van der Waals surface area contributed by atoms with Gasteiger partial charge in [0.05, 0.1) is 18.9 Å². The van der Waals surface area contributed by atoms with E-state index in [-0.39, 0.29) is 18.1 Å². The van der Waals surface area contributed by atoms with Crippen molar-refractivity contribution in [3.05, 3.63) is 18.2 Å². The summed E-state index contributed by atoms with van der Waals surface area (Å²) in [5.41, 5.74) is 0. The summed E-state index contributed by atoms with van der Waals surface area (Å²) in [7, 11) is 0. The molecule has 0 radical (unpaired) electrons. The summed E-state index contributed by atoms with van der Waals surface area (Å²) in [6.07, 6.45) is 3.71. The lowest BCUT2D eigenvalue weighted by molar-refractivity contribution is 0.0804. The largest absolute Gasteiger partial charge is 0.458 e. The van der Waals surface area contributed by atoms with E-state index in [2.05, 4.69) is 9.97 Å². The van der Waals surface area contributed by atoms with E-state index >= 15 is 0 Å². The highest BCUT2D eigenvalue weighted by molar-refractivity contribution is 5.74. The van der Waals surface area contributed by atoms with Crippen LogP contribution in [0.2, 0.25) is 0 Å². The minimum atomic E-state index is -0.496. The molecule has 2 amide bonds. The number of aromatic nitrogens is 2. The fraction of sp³-hybridized carbons (Fsp3) is 0.643. The molecule has 0 N–H and O–H groups in total. The highest BCUT2D eigenvalue weighted by atomic mass is 19.1. The quantitative estimate of drug-likeness (QED) is 0.852. The third-order valence-electron chi connectivity index (χ3n) is 3.55. The van der Waals surface area contributed by atoms with Crippen LogP contribution in [-0.4, -0.2) is 58.1 Å². The summed E-state index contributed by atoms with van der Waals surface area (Å²) in [4.78, 5) is 23.5. The Morgan fingerprint density at radius 2 is 2.10 bits per heavy atom. The minimum absolute atomic E-state index is 0.0355. The second-order valence-corrected chi connectivity index (χ2v) is 4.97. The number of nitrogens with zero attached hydrogens (tertiary/aromatic N) is 4. The normalized spacial score (nSPS) is 18.4. The smallest absolute Gasteiger partial charge is 0.320 e. The molecule has 0 bridgehead atoms. The lowest BCUT2D eigenvalue weighted by atomic mass is 10.1. The highest BCUT2D eigenvalue weighted by Gasteiger charge is 2.27. The van der Waals surface area contributed by atoms with Crippen LogP contribution in [-0.2, 0) is 0 Å². The van der Waals surface area contributed by atoms with E-state index in [1.807, 2.05) is 13.8 Å². The first-order valence-corrected chi connectivity index (χ1v) is 7.32. The molecule has 0 spiro atoms. The van der Waals surface area contributed by atoms with Gasteiger partial charge in [0.2, 0.25) is 0 Å². The Morgan fingerprint density at radius 3 is 2.71 bits per heavy atom. The molecule has 0 aliphatic carbocycles. The van der Waals surface area contributed by atoms with E-state index in [9.17, 15) is 9.18 Å². The lowest BCUT2D eigenvalue weighted by Crippen LogP contribution is -2.50. The highest BCUT2D eigenvalue weighted by Crippen LogP contribution is 2.16. The van der Waals surface area contributed by atoms with Crippen molar-refractivity contribution in [2.24, 2.45) is 0 Å². The van der Waals surface area contributed by atoms with Gasteiger partial charge in [0, 0.05) is 19.6 Å². The summed E-state index contributed by atoms with van der Waals surface area (Å²) >= 11 is 0. The van der Waals surface area contributed by atoms with Gasteiger partial charge >= 0.3 is 12.0 Å². The van der Waals surface area contributed by atoms with Crippen molar-refractivity contribution in [3.8, 4) is 6.01 Å². The molecule has 2 heterocycles. The molecule has 1 fully saturated rings. The van der Waals surface area contributed by atoms with Crippen LogP contribution >= 0.6 is 0 Å². The molecule has 6 nitrogen and oxygen atoms in total. The molecule has 1 aromatic heterocycles. The topological polar surface area (TPSA) is 58.6 Å². The van der Waals surface area contributed by atoms with E-state index in [1.54, 1.807) is 9.80 Å². The zero-order chi connectivity index (χ0) is 15.2. The van der Waals surface area contributed by atoms with E-state index in [4.69, 9.17) is 4.74 Å². The van der Waals surface area contributed by atoms with Gasteiger partial charge in [-0.15, -0.1) is 0 Å². The minimum Gasteiger partial charge on any atom is -0.458 e. The Bertz CT molecular complexity index is 465. The molecule has 1 aliphatic rings. The third kappa shape index (κ3) is 4.03. The molecular formula is C14H21FN4O2. The lowest BCUT2D eigenvalue weighted by Gasteiger charge is -2.35. The summed E-state index contributed by atoms with van der Waals surface area (Å²) in [5, 5.41) is 0. The predicted molar refractivity (Wildman–Crippen MR) is 75.5 cm³/mol. The molecule has 1 unspecified atom stereocenters. The van der Waals surface area contributed by atoms with Crippen molar-refractivity contribution < 1.29 is 13.9 Å². The maximum atomic E-state index is 12.8. The molecule has 0 aromatic carbocycles. The van der Waals surface area contributed by atoms with Gasteiger partial charge in [-0.05, 0) is 26.7 Å². The molecular weight excluding hydrogens is 275 g/mol. The number of likely N-dealkylation sites (tertiary alicyclic amines) is 1. The second kappa shape index (κ2) is 7.19. The fourth-order valence-corrected chi connectivity index (χ4v) is 2.41. The van der Waals surface area contributed by atoms with E-state index in [0.29, 0.717) is 19.6 Å². The molecule has 1 aromatic rings. The number of carbonyl (C=O) groups is 1. The molecule has 7 heteroatoms. The van der Waals surface area contributed by atoms with Crippen LogP contribution in [0, 0.1) is 5.82 Å². The first-order chi connectivity index (χ1) is 10.1. The van der Waals surface area contributed by atoms with Crippen LogP contribution in [0.5, 0.6) is 6.01 Å². The maximum absolute atomic E-state index is 12.8. The predicted octanol–water partition coefficient (Wildman–Crippen LogP) is 1.92. The first kappa shape index (κ1) is 15.5. The van der Waals surface area contributed by atoms with Gasteiger partial charge in [-0.1, -0.05) is 0 Å². The molecule has 1 aliphatic heterocycles. The number of hydrogen-bond acceptors (Lipinski definition) is 4. The molecule has 2 rings (SSSR count). The average molecular weight is 296 g/mol. The SMILES string of the molecule is CCN(CC)C(=O)N1CCCC(Oc2ncc(F)cn2)C1. The summed E-state index contributed by atoms with van der Waals surface area (Å²) in [6.45, 7) is 6.56. The molecule has 1 saturated heterocycles. The third-order valence-corrected chi connectivity index (χ3v) is 3.55. The Labute approximate surface area is 123 Å². The monoisotopic (exact) mass is 296 g/mol. The molecule has 116 valence electrons. The van der Waals surface area contributed by atoms with E-state index in [0.717, 1.165) is 31.8 Å². The molecule has 1 atom stereocenters. The Kier molecular flexibility index (Phi) is 5.30. The number of ether oxygens (including phenoxy) is 1. The van der Waals surface area contributed by atoms with Gasteiger partial charge in [-0.25, -0.2) is 19.2 Å². The summed E-state index contributed by atoms with van der Waals surface area (Å²) < 4.78 is 18.4. The second-order valence-electron chi connectivity index (χ2n) is 4.97. The first-order valence-electron chi connectivity index (χ1n) is 7.32. The van der Waals surface area contributed by atoms with Gasteiger partial charge in [0.25, 0.3) is 0 Å². The van der Waals surface area contributed by atoms with Gasteiger partial charge in [0.15, 0.2) is 5.82 Å². The Hall–Kier alpha value is -1.92. The van der Waals surface area contributed by atoms with Gasteiger partial charge < -0.3 is 14.5 Å². The Morgan fingerprint density at radius 1 is 1.43 bits per heavy atom. The van der Waals surface area contributed by atoms with Crippen molar-refractivity contribution in [2.75, 3.05) is 26.2 Å². The zero-order valence-electron chi connectivity index (χ0n) is 12.5. The van der Waals surface area contributed by atoms with Crippen molar-refractivity contribution in [1.29, 1.82) is 0 Å². The van der Waals surface area contributed by atoms with Gasteiger partial charge in [-0.2, -0.15) is 0 Å². The van der Waals surface area contributed by atoms with Gasteiger partial charge in [0.1, 0.15) is 6.10 Å². The van der Waals surface area contributed by atoms with Crippen LogP contribution in [0.25, 0.3) is 0 Å². The van der Waals surface area contributed by atoms with Crippen LogP contribution in [0.3, 0.4) is 0 Å². The number of carbonyl (C=O) groups excluding carboxylic acids is 1. The fourth-order valence-electron chi connectivity index (χ4n) is 2.41. The maximum Gasteiger partial charge on any atom is 0.320 e. The van der Waals surface area contributed by atoms with Crippen LogP contribution in [0.4, 0.5) is 9.18 Å². The number of amides is 2. The van der Waals surface area contributed by atoms with Crippen molar-refractivity contribution in [3.63, 3.8) is 0 Å². The standard InChI is InChI=1S/C14H21FN4O2/c1-3-18(4-2)14(20)19-7-5-6-12(10-19)21-13-16-8-11(15)9-17-13/h8-9,12H,3-7,10H2,1-2H3. The van der Waals surface area contributed by atoms with Crippen LogP contribution in [0.15, 0.2) is 12.4 Å². The van der Waals surface area contributed by atoms with Gasteiger partial charge in [-0.3, -0.25) is 0 Å². The van der Waals surface area contributed by atoms with Crippen molar-refractivity contribution in [2.45, 2.75) is 32.8 Å². The van der Waals surface area contributed by atoms with Crippen molar-refractivity contribution >= 4 is 6.03 Å². The zero-order valence-corrected chi connectivity index (χ0v) is 12.5. The number of piperidine rings is 1. The molecule has 0 saturated carbocycles. The van der Waals surface area contributed by atoms with Crippen molar-refractivity contribution in [1.82, 2.24) is 19.8 Å². The van der Waals surface area contributed by atoms with Crippen LogP contribution < -0.4 is 4.74 Å². The van der Waals surface area contributed by atoms with E-state index < -0.39 is 5.82 Å². The van der Waals surface area contributed by atoms with Crippen LogP contribution in [0.1, 0.15) is 26.7 Å². The molecule has 21 heavy (non-hydrogen) atoms. The van der Waals surface area contributed by atoms with E-state index in [1.165, 1.54) is 0 Å². The number of rotatable bonds is 4. The Balaban J connectivity index is 1.94. The number of hydrogen-bond donors (Lipinski definition) is 0. The summed E-state index contributed by atoms with van der Waals surface area (Å²) in [5.74, 6) is -0.496. The number of halogens is 1. The average Bonchev–Trinajstić information content (AvgIpc) is 2.51.